The summed E-state index contributed by atoms with van der Waals surface area (Å²) >= 11 is 6.98. The molecule has 96 valence electrons. The largest absolute Gasteiger partial charge is 0.478 e. The molecule has 0 spiro atoms. The maximum atomic E-state index is 11.8. The standard InChI is InChI=1S/C14H9ClO3S/c15-13-8-7-12(19-13)11(16)6-3-9-1-4-10(5-2-9)14(17)18/h1-8H,(H,17,18). The molecule has 0 saturated heterocycles. The fourth-order valence-electron chi connectivity index (χ4n) is 1.44. The molecule has 1 N–H and O–H groups in total. The first-order chi connectivity index (χ1) is 9.06. The molecule has 0 aliphatic rings. The van der Waals surface area contributed by atoms with Gasteiger partial charge in [-0.25, -0.2) is 4.79 Å². The first-order valence-corrected chi connectivity index (χ1v) is 6.57. The molecular weight excluding hydrogens is 284 g/mol. The van der Waals surface area contributed by atoms with E-state index in [0.29, 0.717) is 9.21 Å². The van der Waals surface area contributed by atoms with Crippen LogP contribution in [0.3, 0.4) is 0 Å². The van der Waals surface area contributed by atoms with Gasteiger partial charge < -0.3 is 5.11 Å². The summed E-state index contributed by atoms with van der Waals surface area (Å²) in [7, 11) is 0. The van der Waals surface area contributed by atoms with Gasteiger partial charge in [-0.3, -0.25) is 4.79 Å². The Bertz CT molecular complexity index is 641. The second kappa shape index (κ2) is 5.82. The molecule has 1 heterocycles. The van der Waals surface area contributed by atoms with Crippen molar-refractivity contribution in [2.45, 2.75) is 0 Å². The minimum atomic E-state index is -0.972. The van der Waals surface area contributed by atoms with Crippen molar-refractivity contribution in [3.63, 3.8) is 0 Å². The van der Waals surface area contributed by atoms with Gasteiger partial charge in [0.15, 0.2) is 5.78 Å². The first-order valence-electron chi connectivity index (χ1n) is 5.37. The second-order valence-corrected chi connectivity index (χ2v) is 5.44. The third kappa shape index (κ3) is 3.53. The Balaban J connectivity index is 2.10. The summed E-state index contributed by atoms with van der Waals surface area (Å²) in [4.78, 5) is 23.0. The number of carboxylic acid groups (broad SMARTS) is 1. The van der Waals surface area contributed by atoms with Gasteiger partial charge in [0.05, 0.1) is 14.8 Å². The van der Waals surface area contributed by atoms with Crippen molar-refractivity contribution in [1.29, 1.82) is 0 Å². The highest BCUT2D eigenvalue weighted by Crippen LogP contribution is 2.22. The number of benzene rings is 1. The van der Waals surface area contributed by atoms with Gasteiger partial charge in [0.1, 0.15) is 0 Å². The minimum absolute atomic E-state index is 0.126. The topological polar surface area (TPSA) is 54.4 Å². The molecular formula is C14H9ClO3S. The van der Waals surface area contributed by atoms with E-state index in [1.165, 1.54) is 29.5 Å². The van der Waals surface area contributed by atoms with Crippen molar-refractivity contribution in [2.75, 3.05) is 0 Å². The molecule has 19 heavy (non-hydrogen) atoms. The monoisotopic (exact) mass is 292 g/mol. The van der Waals surface area contributed by atoms with E-state index in [4.69, 9.17) is 16.7 Å². The number of carbonyl (C=O) groups excluding carboxylic acids is 1. The Morgan fingerprint density at radius 3 is 2.32 bits per heavy atom. The van der Waals surface area contributed by atoms with Crippen LogP contribution in [0.1, 0.15) is 25.6 Å². The molecule has 0 aliphatic heterocycles. The van der Waals surface area contributed by atoms with Crippen LogP contribution in [-0.4, -0.2) is 16.9 Å². The number of thiophene rings is 1. The van der Waals surface area contributed by atoms with Crippen molar-refractivity contribution in [1.82, 2.24) is 0 Å². The molecule has 3 nitrogen and oxygen atoms in total. The van der Waals surface area contributed by atoms with Crippen molar-refractivity contribution in [2.24, 2.45) is 0 Å². The van der Waals surface area contributed by atoms with Gasteiger partial charge in [0.25, 0.3) is 0 Å². The van der Waals surface area contributed by atoms with Gasteiger partial charge in [0, 0.05) is 0 Å². The number of carboxylic acids is 1. The van der Waals surface area contributed by atoms with Crippen molar-refractivity contribution >= 4 is 40.8 Å². The van der Waals surface area contributed by atoms with E-state index in [9.17, 15) is 9.59 Å². The molecule has 0 radical (unpaired) electrons. The highest BCUT2D eigenvalue weighted by atomic mass is 35.5. The van der Waals surface area contributed by atoms with Gasteiger partial charge in [-0.1, -0.05) is 29.8 Å². The molecule has 0 aliphatic carbocycles. The number of hydrogen-bond acceptors (Lipinski definition) is 3. The molecule has 1 aromatic heterocycles. The number of carbonyl (C=O) groups is 2. The molecule has 0 amide bonds. The van der Waals surface area contributed by atoms with Gasteiger partial charge in [-0.15, -0.1) is 11.3 Å². The third-order valence-electron chi connectivity index (χ3n) is 2.40. The molecule has 1 aromatic carbocycles. The smallest absolute Gasteiger partial charge is 0.335 e. The predicted octanol–water partition coefficient (Wildman–Crippen LogP) is 4.00. The van der Waals surface area contributed by atoms with Crippen LogP contribution in [0.4, 0.5) is 0 Å². The zero-order chi connectivity index (χ0) is 13.8. The van der Waals surface area contributed by atoms with Crippen LogP contribution in [-0.2, 0) is 0 Å². The average Bonchev–Trinajstić information content (AvgIpc) is 2.83. The van der Waals surface area contributed by atoms with E-state index in [1.807, 2.05) is 0 Å². The lowest BCUT2D eigenvalue weighted by Crippen LogP contribution is -1.95. The zero-order valence-electron chi connectivity index (χ0n) is 9.67. The highest BCUT2D eigenvalue weighted by molar-refractivity contribution is 7.18. The van der Waals surface area contributed by atoms with Crippen LogP contribution in [0, 0.1) is 0 Å². The minimum Gasteiger partial charge on any atom is -0.478 e. The number of aromatic carboxylic acids is 1. The summed E-state index contributed by atoms with van der Waals surface area (Å²) in [6.45, 7) is 0. The molecule has 0 unspecified atom stereocenters. The van der Waals surface area contributed by atoms with Crippen LogP contribution in [0.25, 0.3) is 6.08 Å². The zero-order valence-corrected chi connectivity index (χ0v) is 11.2. The molecule has 0 saturated carbocycles. The normalized spacial score (nSPS) is 10.8. The maximum Gasteiger partial charge on any atom is 0.335 e. The number of allylic oxidation sites excluding steroid dienone is 1. The van der Waals surface area contributed by atoms with E-state index in [0.717, 1.165) is 5.56 Å². The average molecular weight is 293 g/mol. The Hall–Kier alpha value is -1.91. The summed E-state index contributed by atoms with van der Waals surface area (Å²) in [6, 6.07) is 9.63. The van der Waals surface area contributed by atoms with Crippen molar-refractivity contribution in [3.05, 3.63) is 62.8 Å². The van der Waals surface area contributed by atoms with E-state index in [1.54, 1.807) is 30.3 Å². The fraction of sp³-hybridized carbons (Fsp3) is 0. The number of ketones is 1. The molecule has 2 aromatic rings. The molecule has 0 bridgehead atoms. The maximum absolute atomic E-state index is 11.8. The summed E-state index contributed by atoms with van der Waals surface area (Å²) in [5.41, 5.74) is 0.981. The van der Waals surface area contributed by atoms with Crippen LogP contribution in [0.2, 0.25) is 4.34 Å². The number of halogens is 1. The van der Waals surface area contributed by atoms with E-state index in [2.05, 4.69) is 0 Å². The van der Waals surface area contributed by atoms with Gasteiger partial charge >= 0.3 is 5.97 Å². The van der Waals surface area contributed by atoms with Crippen LogP contribution < -0.4 is 0 Å². The first kappa shape index (κ1) is 13.5. The summed E-state index contributed by atoms with van der Waals surface area (Å²) in [5.74, 6) is -1.10. The summed E-state index contributed by atoms with van der Waals surface area (Å²) in [6.07, 6.45) is 3.08. The molecule has 5 heteroatoms. The number of rotatable bonds is 4. The van der Waals surface area contributed by atoms with Gasteiger partial charge in [0.2, 0.25) is 0 Å². The predicted molar refractivity (Wildman–Crippen MR) is 76.1 cm³/mol. The van der Waals surface area contributed by atoms with Crippen molar-refractivity contribution < 1.29 is 14.7 Å². The van der Waals surface area contributed by atoms with E-state index >= 15 is 0 Å². The molecule has 2 rings (SSSR count). The highest BCUT2D eigenvalue weighted by Gasteiger charge is 2.05. The molecule has 0 atom stereocenters. The quantitative estimate of drug-likeness (QED) is 0.684. The fourth-order valence-corrected chi connectivity index (χ4v) is 2.40. The third-order valence-corrected chi connectivity index (χ3v) is 3.65. The SMILES string of the molecule is O=C(O)c1ccc(C=CC(=O)c2ccc(Cl)s2)cc1. The van der Waals surface area contributed by atoms with Crippen LogP contribution in [0.5, 0.6) is 0 Å². The Labute approximate surface area is 118 Å². The Morgan fingerprint density at radius 1 is 1.11 bits per heavy atom. The lowest BCUT2D eigenvalue weighted by molar-refractivity contribution is 0.0696. The van der Waals surface area contributed by atoms with Crippen molar-refractivity contribution in [3.8, 4) is 0 Å². The van der Waals surface area contributed by atoms with E-state index in [-0.39, 0.29) is 11.3 Å². The Morgan fingerprint density at radius 2 is 1.79 bits per heavy atom. The van der Waals surface area contributed by atoms with Gasteiger partial charge in [-0.05, 0) is 35.9 Å². The van der Waals surface area contributed by atoms with E-state index < -0.39 is 5.97 Å². The molecule has 0 fully saturated rings. The van der Waals surface area contributed by atoms with Crippen LogP contribution >= 0.6 is 22.9 Å². The van der Waals surface area contributed by atoms with Crippen LogP contribution in [0.15, 0.2) is 42.5 Å². The summed E-state index contributed by atoms with van der Waals surface area (Å²) < 4.78 is 0.572. The van der Waals surface area contributed by atoms with Gasteiger partial charge in [-0.2, -0.15) is 0 Å². The lowest BCUT2D eigenvalue weighted by atomic mass is 10.1. The second-order valence-electron chi connectivity index (χ2n) is 3.73. The lowest BCUT2D eigenvalue weighted by Gasteiger charge is -1.95. The Kier molecular flexibility index (Phi) is 4.14. The number of hydrogen-bond donors (Lipinski definition) is 1. The summed E-state index contributed by atoms with van der Waals surface area (Å²) in [5, 5.41) is 8.76.